The molecule has 1 aliphatic carbocycles. The zero-order valence-corrected chi connectivity index (χ0v) is 8.96. The van der Waals surface area contributed by atoms with Gasteiger partial charge in [-0.05, 0) is 19.8 Å². The van der Waals surface area contributed by atoms with Crippen molar-refractivity contribution in [3.63, 3.8) is 0 Å². The lowest BCUT2D eigenvalue weighted by atomic mass is 9.99. The molecular weight excluding hydrogens is 178 g/mol. The van der Waals surface area contributed by atoms with Crippen molar-refractivity contribution in [2.45, 2.75) is 51.5 Å². The van der Waals surface area contributed by atoms with E-state index >= 15 is 0 Å². The van der Waals surface area contributed by atoms with Crippen LogP contribution in [0.1, 0.15) is 45.4 Å². The number of aliphatic hydroxyl groups is 1. The van der Waals surface area contributed by atoms with Gasteiger partial charge in [-0.15, -0.1) is 0 Å². The van der Waals surface area contributed by atoms with E-state index in [1.807, 2.05) is 6.92 Å². The van der Waals surface area contributed by atoms with Crippen LogP contribution in [0.5, 0.6) is 0 Å². The number of hydrogen-bond acceptors (Lipinski definition) is 2. The molecule has 0 spiro atoms. The van der Waals surface area contributed by atoms with Crippen molar-refractivity contribution in [1.29, 1.82) is 0 Å². The van der Waals surface area contributed by atoms with Crippen LogP contribution in [-0.2, 0) is 4.79 Å². The fourth-order valence-electron chi connectivity index (χ4n) is 1.95. The Balaban J connectivity index is 2.34. The third kappa shape index (κ3) is 3.66. The molecule has 1 aliphatic rings. The molecule has 0 aliphatic heterocycles. The molecule has 1 saturated carbocycles. The van der Waals surface area contributed by atoms with Crippen molar-refractivity contribution in [2.75, 3.05) is 6.61 Å². The molecule has 14 heavy (non-hydrogen) atoms. The van der Waals surface area contributed by atoms with Gasteiger partial charge in [0.2, 0.25) is 5.91 Å². The van der Waals surface area contributed by atoms with Crippen molar-refractivity contribution in [3.05, 3.63) is 0 Å². The van der Waals surface area contributed by atoms with Crippen molar-refractivity contribution >= 4 is 5.91 Å². The minimum absolute atomic E-state index is 0.0262. The highest BCUT2D eigenvalue weighted by Crippen LogP contribution is 2.22. The van der Waals surface area contributed by atoms with Gasteiger partial charge in [-0.1, -0.05) is 25.7 Å². The van der Waals surface area contributed by atoms with E-state index in [2.05, 4.69) is 5.32 Å². The van der Waals surface area contributed by atoms with Crippen LogP contribution < -0.4 is 5.32 Å². The monoisotopic (exact) mass is 199 g/mol. The standard InChI is InChI=1S/C11H21NO2/c1-9(8-13)12-11(14)10-6-4-2-3-5-7-10/h9-10,13H,2-8H2,1H3,(H,12,14)/t9-/m1/s1. The largest absolute Gasteiger partial charge is 0.394 e. The van der Waals surface area contributed by atoms with Crippen molar-refractivity contribution < 1.29 is 9.90 Å². The van der Waals surface area contributed by atoms with Gasteiger partial charge in [0.1, 0.15) is 0 Å². The molecule has 0 saturated heterocycles. The fourth-order valence-corrected chi connectivity index (χ4v) is 1.95. The second-order valence-corrected chi connectivity index (χ2v) is 4.28. The van der Waals surface area contributed by atoms with Gasteiger partial charge in [-0.25, -0.2) is 0 Å². The first-order valence-electron chi connectivity index (χ1n) is 5.65. The molecule has 0 bridgehead atoms. The van der Waals surface area contributed by atoms with E-state index in [-0.39, 0.29) is 24.5 Å². The minimum atomic E-state index is -0.106. The molecule has 3 nitrogen and oxygen atoms in total. The average Bonchev–Trinajstić information content (AvgIpc) is 2.45. The van der Waals surface area contributed by atoms with Gasteiger partial charge >= 0.3 is 0 Å². The van der Waals surface area contributed by atoms with Crippen molar-refractivity contribution in [3.8, 4) is 0 Å². The highest BCUT2D eigenvalue weighted by molar-refractivity contribution is 5.78. The lowest BCUT2D eigenvalue weighted by molar-refractivity contribution is -0.126. The third-order valence-electron chi connectivity index (χ3n) is 2.89. The number of nitrogens with one attached hydrogen (secondary N) is 1. The van der Waals surface area contributed by atoms with Gasteiger partial charge in [0.25, 0.3) is 0 Å². The summed E-state index contributed by atoms with van der Waals surface area (Å²) in [4.78, 5) is 11.7. The zero-order valence-electron chi connectivity index (χ0n) is 8.96. The van der Waals surface area contributed by atoms with Crippen LogP contribution in [0.4, 0.5) is 0 Å². The molecule has 3 heteroatoms. The van der Waals surface area contributed by atoms with Crippen LogP contribution in [0, 0.1) is 5.92 Å². The molecule has 82 valence electrons. The summed E-state index contributed by atoms with van der Waals surface area (Å²) in [7, 11) is 0. The Bertz CT molecular complexity index is 174. The molecule has 1 rings (SSSR count). The Morgan fingerprint density at radius 2 is 1.93 bits per heavy atom. The molecule has 2 N–H and O–H groups in total. The number of carbonyl (C=O) groups is 1. The third-order valence-corrected chi connectivity index (χ3v) is 2.89. The van der Waals surface area contributed by atoms with E-state index in [4.69, 9.17) is 5.11 Å². The molecule has 1 amide bonds. The Morgan fingerprint density at radius 1 is 1.36 bits per heavy atom. The van der Waals surface area contributed by atoms with Crippen LogP contribution >= 0.6 is 0 Å². The average molecular weight is 199 g/mol. The maximum Gasteiger partial charge on any atom is 0.223 e. The van der Waals surface area contributed by atoms with E-state index in [0.717, 1.165) is 12.8 Å². The van der Waals surface area contributed by atoms with Crippen LogP contribution in [0.15, 0.2) is 0 Å². The van der Waals surface area contributed by atoms with Crippen LogP contribution in [0.2, 0.25) is 0 Å². The molecule has 0 aromatic rings. The summed E-state index contributed by atoms with van der Waals surface area (Å²) in [5, 5.41) is 11.7. The molecular formula is C11H21NO2. The second-order valence-electron chi connectivity index (χ2n) is 4.28. The quantitative estimate of drug-likeness (QED) is 0.676. The first-order chi connectivity index (χ1) is 6.74. The topological polar surface area (TPSA) is 49.3 Å². The number of hydrogen-bond donors (Lipinski definition) is 2. The Kier molecular flexibility index (Phi) is 4.94. The van der Waals surface area contributed by atoms with Crippen LogP contribution in [-0.4, -0.2) is 23.7 Å². The van der Waals surface area contributed by atoms with Gasteiger partial charge < -0.3 is 10.4 Å². The van der Waals surface area contributed by atoms with Gasteiger partial charge in [-0.3, -0.25) is 4.79 Å². The first-order valence-corrected chi connectivity index (χ1v) is 5.65. The van der Waals surface area contributed by atoms with E-state index in [9.17, 15) is 4.79 Å². The SMILES string of the molecule is C[C@H](CO)NC(=O)C1CCCCCC1. The summed E-state index contributed by atoms with van der Waals surface area (Å²) in [6, 6.07) is -0.106. The van der Waals surface area contributed by atoms with Crippen molar-refractivity contribution in [2.24, 2.45) is 5.92 Å². The summed E-state index contributed by atoms with van der Waals surface area (Å²) in [6.07, 6.45) is 6.91. The van der Waals surface area contributed by atoms with Gasteiger partial charge in [0.15, 0.2) is 0 Å². The predicted octanol–water partition coefficient (Wildman–Crippen LogP) is 1.45. The number of aliphatic hydroxyl groups excluding tert-OH is 1. The molecule has 0 radical (unpaired) electrons. The molecule has 0 heterocycles. The lowest BCUT2D eigenvalue weighted by Gasteiger charge is -2.17. The fraction of sp³-hybridized carbons (Fsp3) is 0.909. The van der Waals surface area contributed by atoms with Crippen LogP contribution in [0.25, 0.3) is 0 Å². The molecule has 0 unspecified atom stereocenters. The first kappa shape index (κ1) is 11.5. The number of carbonyl (C=O) groups excluding carboxylic acids is 1. The Hall–Kier alpha value is -0.570. The smallest absolute Gasteiger partial charge is 0.223 e. The maximum atomic E-state index is 11.7. The summed E-state index contributed by atoms with van der Waals surface area (Å²) in [6.45, 7) is 1.85. The predicted molar refractivity (Wildman–Crippen MR) is 55.9 cm³/mol. The Labute approximate surface area is 85.9 Å². The van der Waals surface area contributed by atoms with E-state index < -0.39 is 0 Å². The minimum Gasteiger partial charge on any atom is -0.394 e. The van der Waals surface area contributed by atoms with E-state index in [1.54, 1.807) is 0 Å². The van der Waals surface area contributed by atoms with E-state index in [0.29, 0.717) is 0 Å². The van der Waals surface area contributed by atoms with Crippen LogP contribution in [0.3, 0.4) is 0 Å². The van der Waals surface area contributed by atoms with E-state index in [1.165, 1.54) is 25.7 Å². The molecule has 1 fully saturated rings. The molecule has 0 aromatic heterocycles. The summed E-state index contributed by atoms with van der Waals surface area (Å²) < 4.78 is 0. The van der Waals surface area contributed by atoms with Crippen molar-refractivity contribution in [1.82, 2.24) is 5.32 Å². The summed E-state index contributed by atoms with van der Waals surface area (Å²) in [5.74, 6) is 0.319. The highest BCUT2D eigenvalue weighted by Gasteiger charge is 2.20. The second kappa shape index (κ2) is 6.02. The number of amides is 1. The molecule has 0 aromatic carbocycles. The zero-order chi connectivity index (χ0) is 10.4. The van der Waals surface area contributed by atoms with Gasteiger partial charge in [-0.2, -0.15) is 0 Å². The number of rotatable bonds is 3. The maximum absolute atomic E-state index is 11.7. The lowest BCUT2D eigenvalue weighted by Crippen LogP contribution is -2.39. The molecule has 1 atom stereocenters. The Morgan fingerprint density at radius 3 is 2.43 bits per heavy atom. The van der Waals surface area contributed by atoms with Gasteiger partial charge in [0.05, 0.1) is 6.61 Å². The summed E-state index contributed by atoms with van der Waals surface area (Å²) in [5.41, 5.74) is 0. The summed E-state index contributed by atoms with van der Waals surface area (Å²) >= 11 is 0. The van der Waals surface area contributed by atoms with Gasteiger partial charge in [0, 0.05) is 12.0 Å². The normalized spacial score (nSPS) is 21.3. The highest BCUT2D eigenvalue weighted by atomic mass is 16.3.